The number of aryl methyl sites for hydroxylation is 1. The van der Waals surface area contributed by atoms with E-state index in [1.54, 1.807) is 69.3 Å². The molecule has 21 heteroatoms. The molecule has 0 fully saturated rings. The van der Waals surface area contributed by atoms with Crippen LogP contribution in [0.2, 0.25) is 0 Å². The fraction of sp³-hybridized carbons (Fsp3) is 0.558. The Kier molecular flexibility index (Phi) is 25.9. The maximum Gasteiger partial charge on any atom is 0.407 e. The van der Waals surface area contributed by atoms with Gasteiger partial charge in [-0.3, -0.25) is 33.2 Å². The van der Waals surface area contributed by atoms with Crippen LogP contribution in [0.5, 0.6) is 11.5 Å². The second-order valence-corrected chi connectivity index (χ2v) is 19.8. The zero-order valence-corrected chi connectivity index (χ0v) is 44.3. The van der Waals surface area contributed by atoms with Gasteiger partial charge in [-0.25, -0.2) is 4.79 Å². The zero-order chi connectivity index (χ0) is 53.1. The lowest BCUT2D eigenvalue weighted by molar-refractivity contribution is 0.0346. The molecule has 5 amide bonds. The molecule has 0 saturated carbocycles. The van der Waals surface area contributed by atoms with Gasteiger partial charge in [-0.1, -0.05) is 56.5 Å². The average Bonchev–Trinajstić information content (AvgIpc) is 3.34. The van der Waals surface area contributed by atoms with Crippen molar-refractivity contribution in [1.82, 2.24) is 36.4 Å². The van der Waals surface area contributed by atoms with E-state index in [0.29, 0.717) is 45.7 Å². The first-order chi connectivity index (χ1) is 35.0. The Balaban J connectivity index is 1.53. The lowest BCUT2D eigenvalue weighted by atomic mass is 10.1. The third-order valence-electron chi connectivity index (χ3n) is 11.1. The van der Waals surface area contributed by atoms with E-state index in [-0.39, 0.29) is 124 Å². The Morgan fingerprint density at radius 1 is 0.589 bits per heavy atom. The van der Waals surface area contributed by atoms with Crippen LogP contribution >= 0.6 is 0 Å². The predicted octanol–water partition coefficient (Wildman–Crippen LogP) is 4.55. The molecule has 1 aliphatic rings. The van der Waals surface area contributed by atoms with Crippen molar-refractivity contribution >= 4 is 39.8 Å². The minimum Gasteiger partial charge on any atom is -0.492 e. The summed E-state index contributed by atoms with van der Waals surface area (Å²) in [6.07, 6.45) is 2.50. The van der Waals surface area contributed by atoms with Gasteiger partial charge in [0.25, 0.3) is 33.7 Å². The fourth-order valence-corrected chi connectivity index (χ4v) is 8.10. The molecule has 0 aliphatic carbocycles. The van der Waals surface area contributed by atoms with Crippen LogP contribution in [-0.4, -0.2) is 172 Å². The fourth-order valence-electron chi connectivity index (χ4n) is 7.20. The molecule has 3 aromatic rings. The minimum atomic E-state index is -4.07. The summed E-state index contributed by atoms with van der Waals surface area (Å²) in [4.78, 5) is 71.3. The highest BCUT2D eigenvalue weighted by molar-refractivity contribution is 7.86. The number of nitrogens with one attached hydrogen (secondary N) is 5. The second-order valence-electron chi connectivity index (χ2n) is 18.2. The van der Waals surface area contributed by atoms with Gasteiger partial charge in [0.05, 0.1) is 73.4 Å². The highest BCUT2D eigenvalue weighted by Gasteiger charge is 2.24. The Hall–Kier alpha value is -5.84. The van der Waals surface area contributed by atoms with E-state index in [1.165, 1.54) is 12.1 Å². The average molecular weight is 1040 g/mol. The molecular weight excluding hydrogens is 963 g/mol. The molecule has 5 N–H and O–H groups in total. The summed E-state index contributed by atoms with van der Waals surface area (Å²) in [5, 5.41) is 14.4. The Labute approximate surface area is 431 Å². The molecule has 73 heavy (non-hydrogen) atoms. The van der Waals surface area contributed by atoms with Gasteiger partial charge in [0.15, 0.2) is 0 Å². The van der Waals surface area contributed by atoms with Gasteiger partial charge >= 0.3 is 6.09 Å². The molecular formula is C52H77N7O13S. The molecule has 4 rings (SSSR count). The first-order valence-electron chi connectivity index (χ1n) is 25.2. The number of benzene rings is 3. The van der Waals surface area contributed by atoms with Crippen molar-refractivity contribution in [3.8, 4) is 11.5 Å². The molecule has 1 aliphatic heterocycles. The number of alkyl carbamates (subject to hydrolysis) is 1. The number of unbranched alkanes of at least 4 members (excludes halogenated alkanes) is 2. The molecule has 20 nitrogen and oxygen atoms in total. The monoisotopic (exact) mass is 1040 g/mol. The van der Waals surface area contributed by atoms with E-state index in [4.69, 9.17) is 27.9 Å². The van der Waals surface area contributed by atoms with Crippen LogP contribution in [-0.2, 0) is 28.5 Å². The third-order valence-corrected chi connectivity index (χ3v) is 12.5. The molecule has 0 saturated heterocycles. The van der Waals surface area contributed by atoms with Gasteiger partial charge < -0.3 is 50.3 Å². The smallest absolute Gasteiger partial charge is 0.407 e. The quantitative estimate of drug-likeness (QED) is 0.0685. The first-order valence-corrected chi connectivity index (χ1v) is 26.6. The topological polar surface area (TPSA) is 241 Å². The van der Waals surface area contributed by atoms with Crippen LogP contribution in [0, 0.1) is 6.92 Å². The first kappa shape index (κ1) is 59.7. The minimum absolute atomic E-state index is 0.0219. The molecule has 4 bridgehead atoms. The molecule has 0 radical (unpaired) electrons. The lowest BCUT2D eigenvalue weighted by Crippen LogP contribution is -2.42. The van der Waals surface area contributed by atoms with Crippen molar-refractivity contribution in [3.63, 3.8) is 0 Å². The number of nitrogens with zero attached hydrogens (tertiary/aromatic N) is 2. The zero-order valence-electron chi connectivity index (χ0n) is 43.4. The molecule has 0 spiro atoms. The van der Waals surface area contributed by atoms with E-state index in [1.807, 2.05) is 30.6 Å². The summed E-state index contributed by atoms with van der Waals surface area (Å²) in [6, 6.07) is 15.9. The van der Waals surface area contributed by atoms with Crippen LogP contribution in [0.15, 0.2) is 65.6 Å². The molecule has 0 aromatic heterocycles. The maximum atomic E-state index is 13.9. The molecule has 0 atom stereocenters. The summed E-state index contributed by atoms with van der Waals surface area (Å²) >= 11 is 0. The van der Waals surface area contributed by atoms with E-state index < -0.39 is 45.4 Å². The number of carbonyl (C=O) groups is 5. The highest BCUT2D eigenvalue weighted by Crippen LogP contribution is 2.26. The van der Waals surface area contributed by atoms with Crippen molar-refractivity contribution in [2.75, 3.05) is 118 Å². The number of fused-ring (bicyclic) bond motifs is 4. The summed E-state index contributed by atoms with van der Waals surface area (Å²) in [7, 11) is -4.07. The number of carbonyl (C=O) groups excluding carboxylic acids is 5. The van der Waals surface area contributed by atoms with E-state index in [9.17, 15) is 32.4 Å². The normalized spacial score (nSPS) is 15.3. The Morgan fingerprint density at radius 3 is 1.41 bits per heavy atom. The second kappa shape index (κ2) is 31.7. The lowest BCUT2D eigenvalue weighted by Gasteiger charge is -2.24. The molecule has 404 valence electrons. The van der Waals surface area contributed by atoms with E-state index in [0.717, 1.165) is 18.4 Å². The van der Waals surface area contributed by atoms with Gasteiger partial charge in [-0.2, -0.15) is 8.42 Å². The van der Waals surface area contributed by atoms with Gasteiger partial charge in [-0.15, -0.1) is 0 Å². The predicted molar refractivity (Wildman–Crippen MR) is 276 cm³/mol. The van der Waals surface area contributed by atoms with Crippen molar-refractivity contribution in [1.29, 1.82) is 0 Å². The largest absolute Gasteiger partial charge is 0.492 e. The van der Waals surface area contributed by atoms with Gasteiger partial charge in [0.1, 0.15) is 17.1 Å². The number of amides is 5. The summed E-state index contributed by atoms with van der Waals surface area (Å²) in [6.45, 7) is 15.3. The van der Waals surface area contributed by atoms with Crippen molar-refractivity contribution in [2.45, 2.75) is 77.7 Å². The van der Waals surface area contributed by atoms with E-state index in [2.05, 4.69) is 26.6 Å². The van der Waals surface area contributed by atoms with Gasteiger partial charge in [0.2, 0.25) is 0 Å². The molecule has 1 heterocycles. The Morgan fingerprint density at radius 2 is 1.00 bits per heavy atom. The Bertz CT molecular complexity index is 2230. The summed E-state index contributed by atoms with van der Waals surface area (Å²) in [5.41, 5.74) is 1.00. The maximum absolute atomic E-state index is 13.9. The summed E-state index contributed by atoms with van der Waals surface area (Å²) < 4.78 is 60.4. The SMILES string of the molecule is CCCCOc1c2cccc1C(=O)NCCN(CCOS(=O)(=O)c1ccc(C)cc1)CCNC(=O)c1cccc(c1OCCCC)C(=O)NCCN(CCOCCOCCNC(=O)OC(C)(C)C)CCNC2=O. The van der Waals surface area contributed by atoms with Crippen LogP contribution in [0.3, 0.4) is 0 Å². The van der Waals surface area contributed by atoms with E-state index >= 15 is 0 Å². The number of hydrogen-bond donors (Lipinski definition) is 5. The van der Waals surface area contributed by atoms with Crippen molar-refractivity contribution < 1.29 is 60.3 Å². The molecule has 3 aromatic carbocycles. The number of para-hydroxylation sites is 2. The number of ether oxygens (including phenoxy) is 5. The van der Waals surface area contributed by atoms with Gasteiger partial charge in [-0.05, 0) is 76.9 Å². The number of rotatable bonds is 22. The summed E-state index contributed by atoms with van der Waals surface area (Å²) in [5.74, 6) is -1.55. The number of hydrogen-bond acceptors (Lipinski definition) is 15. The van der Waals surface area contributed by atoms with Crippen LogP contribution in [0.4, 0.5) is 4.79 Å². The molecule has 0 unspecified atom stereocenters. The van der Waals surface area contributed by atoms with Crippen molar-refractivity contribution in [2.24, 2.45) is 0 Å². The standard InChI is InChI=1S/C52H77N7O13S/c1-7-9-32-69-45-41-13-11-15-43(45)49(62)55-23-28-59(31-36-71-73(65,66)40-19-17-39(3)18-20-40)29-24-56-50(63)44-16-12-14-42(46(44)70-33-10-8-2)48(61)54-22-27-58(26-21-53-47(41)60)30-35-68-38-37-67-34-25-57-51(64)72-52(4,5)6/h11-20H,7-10,21-38H2,1-6H3,(H,53,60)(H,54,61)(H,55,62)(H,56,63)(H,57,64). The third kappa shape index (κ3) is 21.6. The van der Waals surface area contributed by atoms with Gasteiger partial charge in [0, 0.05) is 72.0 Å². The van der Waals surface area contributed by atoms with Crippen LogP contribution < -0.4 is 36.1 Å². The van der Waals surface area contributed by atoms with Crippen LogP contribution in [0.1, 0.15) is 107 Å². The van der Waals surface area contributed by atoms with Crippen molar-refractivity contribution in [3.05, 3.63) is 88.5 Å². The van der Waals surface area contributed by atoms with Crippen LogP contribution in [0.25, 0.3) is 0 Å². The highest BCUT2D eigenvalue weighted by atomic mass is 32.2.